The van der Waals surface area contributed by atoms with Gasteiger partial charge < -0.3 is 8.83 Å². The highest BCUT2D eigenvalue weighted by molar-refractivity contribution is 7.99. The molecule has 0 aliphatic rings. The van der Waals surface area contributed by atoms with E-state index in [9.17, 15) is 0 Å². The number of aryl methyl sites for hydroxylation is 3. The van der Waals surface area contributed by atoms with Crippen LogP contribution in [0.1, 0.15) is 34.8 Å². The molecule has 4 aromatic rings. The van der Waals surface area contributed by atoms with Gasteiger partial charge in [0.1, 0.15) is 0 Å². The number of aromatic nitrogens is 4. The van der Waals surface area contributed by atoms with Crippen molar-refractivity contribution in [1.82, 2.24) is 20.4 Å². The molecule has 2 heterocycles. The largest absolute Gasteiger partial charge is 0.419 e. The second-order valence-electron chi connectivity index (χ2n) is 6.74. The van der Waals surface area contributed by atoms with E-state index in [1.54, 1.807) is 0 Å². The summed E-state index contributed by atoms with van der Waals surface area (Å²) in [5.74, 6) is 1.53. The zero-order valence-electron chi connectivity index (χ0n) is 16.1. The molecule has 0 radical (unpaired) electrons. The van der Waals surface area contributed by atoms with Gasteiger partial charge >= 0.3 is 0 Å². The fourth-order valence-corrected chi connectivity index (χ4v) is 3.38. The van der Waals surface area contributed by atoms with Crippen molar-refractivity contribution in [3.8, 4) is 22.9 Å². The van der Waals surface area contributed by atoms with E-state index in [-0.39, 0.29) is 5.25 Å². The molecule has 0 aliphatic heterocycles. The Morgan fingerprint density at radius 3 is 2.18 bits per heavy atom. The van der Waals surface area contributed by atoms with Gasteiger partial charge in [-0.2, -0.15) is 0 Å². The Hall–Kier alpha value is -2.93. The molecular formula is C21H20N4O2S. The molecule has 0 amide bonds. The number of thioether (sulfide) groups is 1. The Morgan fingerprint density at radius 1 is 0.750 bits per heavy atom. The molecule has 4 rings (SSSR count). The Bertz CT molecular complexity index is 1100. The number of rotatable bonds is 5. The third kappa shape index (κ3) is 3.84. The van der Waals surface area contributed by atoms with E-state index >= 15 is 0 Å². The van der Waals surface area contributed by atoms with E-state index in [2.05, 4.69) is 40.3 Å². The van der Waals surface area contributed by atoms with Crippen LogP contribution in [0.3, 0.4) is 0 Å². The van der Waals surface area contributed by atoms with Crippen molar-refractivity contribution in [2.75, 3.05) is 0 Å². The highest BCUT2D eigenvalue weighted by Crippen LogP contribution is 2.35. The highest BCUT2D eigenvalue weighted by atomic mass is 32.2. The number of benzene rings is 2. The molecule has 28 heavy (non-hydrogen) atoms. The van der Waals surface area contributed by atoms with Crippen molar-refractivity contribution in [2.24, 2.45) is 0 Å². The summed E-state index contributed by atoms with van der Waals surface area (Å²) in [5.41, 5.74) is 5.41. The molecule has 0 spiro atoms. The van der Waals surface area contributed by atoms with Gasteiger partial charge in [0.2, 0.25) is 17.7 Å². The van der Waals surface area contributed by atoms with Gasteiger partial charge in [-0.15, -0.1) is 20.4 Å². The van der Waals surface area contributed by atoms with Crippen molar-refractivity contribution in [2.45, 2.75) is 38.2 Å². The zero-order chi connectivity index (χ0) is 19.7. The lowest BCUT2D eigenvalue weighted by Gasteiger charge is -2.02. The third-order valence-electron chi connectivity index (χ3n) is 4.52. The van der Waals surface area contributed by atoms with E-state index in [1.807, 2.05) is 50.2 Å². The van der Waals surface area contributed by atoms with Crippen LogP contribution >= 0.6 is 11.8 Å². The van der Waals surface area contributed by atoms with E-state index in [1.165, 1.54) is 28.5 Å². The number of hydrogen-bond acceptors (Lipinski definition) is 7. The maximum absolute atomic E-state index is 5.83. The van der Waals surface area contributed by atoms with Crippen LogP contribution in [0.4, 0.5) is 0 Å². The van der Waals surface area contributed by atoms with E-state index < -0.39 is 0 Å². The molecule has 142 valence electrons. The molecule has 0 saturated heterocycles. The first-order valence-corrected chi connectivity index (χ1v) is 9.86. The summed E-state index contributed by atoms with van der Waals surface area (Å²) in [7, 11) is 0. The lowest BCUT2D eigenvalue weighted by atomic mass is 10.1. The summed E-state index contributed by atoms with van der Waals surface area (Å²) < 4.78 is 11.6. The van der Waals surface area contributed by atoms with Gasteiger partial charge in [0, 0.05) is 11.1 Å². The van der Waals surface area contributed by atoms with Crippen LogP contribution in [-0.4, -0.2) is 20.4 Å². The SMILES string of the molecule is Cc1ccc(-c2nnc([C@@H](C)Sc3nnc(-c4ccc(C)c(C)c4)o3)o2)cc1. The predicted octanol–water partition coefficient (Wildman–Crippen LogP) is 5.57. The summed E-state index contributed by atoms with van der Waals surface area (Å²) in [6.07, 6.45) is 0. The normalized spacial score (nSPS) is 12.3. The van der Waals surface area contributed by atoms with Crippen molar-refractivity contribution in [1.29, 1.82) is 0 Å². The average Bonchev–Trinajstić information content (AvgIpc) is 3.34. The van der Waals surface area contributed by atoms with Gasteiger partial charge in [-0.25, -0.2) is 0 Å². The van der Waals surface area contributed by atoms with Crippen LogP contribution in [0.5, 0.6) is 0 Å². The second-order valence-corrected chi connectivity index (χ2v) is 8.04. The molecule has 7 heteroatoms. The van der Waals surface area contributed by atoms with Crippen molar-refractivity contribution >= 4 is 11.8 Å². The van der Waals surface area contributed by atoms with Crippen molar-refractivity contribution in [3.05, 3.63) is 65.0 Å². The summed E-state index contributed by atoms with van der Waals surface area (Å²) >= 11 is 1.39. The molecule has 0 bridgehead atoms. The monoisotopic (exact) mass is 392 g/mol. The zero-order valence-corrected chi connectivity index (χ0v) is 16.9. The van der Waals surface area contributed by atoms with Gasteiger partial charge in [-0.1, -0.05) is 35.5 Å². The fourth-order valence-electron chi connectivity index (χ4n) is 2.66. The summed E-state index contributed by atoms with van der Waals surface area (Å²) in [4.78, 5) is 0. The molecule has 6 nitrogen and oxygen atoms in total. The maximum Gasteiger partial charge on any atom is 0.277 e. The summed E-state index contributed by atoms with van der Waals surface area (Å²) in [6.45, 7) is 8.15. The van der Waals surface area contributed by atoms with Gasteiger partial charge in [0.05, 0.1) is 5.25 Å². The molecule has 0 unspecified atom stereocenters. The van der Waals surface area contributed by atoms with Crippen LogP contribution < -0.4 is 0 Å². The van der Waals surface area contributed by atoms with Crippen LogP contribution in [0, 0.1) is 20.8 Å². The first kappa shape index (κ1) is 18.4. The minimum Gasteiger partial charge on any atom is -0.419 e. The minimum absolute atomic E-state index is 0.111. The molecular weight excluding hydrogens is 372 g/mol. The summed E-state index contributed by atoms with van der Waals surface area (Å²) in [5, 5.41) is 17.0. The van der Waals surface area contributed by atoms with Gasteiger partial charge in [-0.05, 0) is 63.1 Å². The first-order chi connectivity index (χ1) is 13.5. The lowest BCUT2D eigenvalue weighted by Crippen LogP contribution is -1.88. The Kier molecular flexibility index (Phi) is 5.00. The molecule has 0 aliphatic carbocycles. The first-order valence-electron chi connectivity index (χ1n) is 8.98. The highest BCUT2D eigenvalue weighted by Gasteiger charge is 2.20. The van der Waals surface area contributed by atoms with Gasteiger partial charge in [-0.3, -0.25) is 0 Å². The van der Waals surface area contributed by atoms with E-state index in [0.29, 0.717) is 22.9 Å². The molecule has 0 fully saturated rings. The molecule has 2 aromatic heterocycles. The van der Waals surface area contributed by atoms with Crippen molar-refractivity contribution < 1.29 is 8.83 Å². The topological polar surface area (TPSA) is 77.8 Å². The smallest absolute Gasteiger partial charge is 0.277 e. The van der Waals surface area contributed by atoms with Crippen molar-refractivity contribution in [3.63, 3.8) is 0 Å². The Balaban J connectivity index is 1.48. The standard InChI is InChI=1S/C21H20N4O2S/c1-12-5-8-16(9-6-12)19-23-22-18(26-19)15(4)28-21-25-24-20(27-21)17-10-7-13(2)14(3)11-17/h5-11,15H,1-4H3/t15-/m1/s1. The van der Waals surface area contributed by atoms with E-state index in [4.69, 9.17) is 8.83 Å². The van der Waals surface area contributed by atoms with Crippen LogP contribution in [0.15, 0.2) is 56.5 Å². The van der Waals surface area contributed by atoms with Gasteiger partial charge in [0.25, 0.3) is 5.22 Å². The lowest BCUT2D eigenvalue weighted by molar-refractivity contribution is 0.461. The van der Waals surface area contributed by atoms with Crippen LogP contribution in [0.2, 0.25) is 0 Å². The van der Waals surface area contributed by atoms with Crippen LogP contribution in [0.25, 0.3) is 22.9 Å². The maximum atomic E-state index is 5.83. The third-order valence-corrected chi connectivity index (χ3v) is 5.45. The fraction of sp³-hybridized carbons (Fsp3) is 0.238. The number of hydrogen-bond donors (Lipinski definition) is 0. The molecule has 0 N–H and O–H groups in total. The second kappa shape index (κ2) is 7.59. The quantitative estimate of drug-likeness (QED) is 0.411. The van der Waals surface area contributed by atoms with Crippen LogP contribution in [-0.2, 0) is 0 Å². The molecule has 2 aromatic carbocycles. The number of nitrogens with zero attached hydrogens (tertiary/aromatic N) is 4. The Labute approximate surface area is 167 Å². The molecule has 1 atom stereocenters. The predicted molar refractivity (Wildman–Crippen MR) is 108 cm³/mol. The average molecular weight is 392 g/mol. The summed E-state index contributed by atoms with van der Waals surface area (Å²) in [6, 6.07) is 14.1. The Morgan fingerprint density at radius 2 is 1.43 bits per heavy atom. The van der Waals surface area contributed by atoms with E-state index in [0.717, 1.165) is 11.1 Å². The molecule has 0 saturated carbocycles. The minimum atomic E-state index is -0.111. The van der Waals surface area contributed by atoms with Gasteiger partial charge in [0.15, 0.2) is 0 Å².